The van der Waals surface area contributed by atoms with E-state index in [1.54, 1.807) is 0 Å². The number of nitrogens with one attached hydrogen (secondary N) is 1. The Hall–Kier alpha value is -1.06. The lowest BCUT2D eigenvalue weighted by Crippen LogP contribution is -2.35. The molecule has 0 bridgehead atoms. The van der Waals surface area contributed by atoms with Gasteiger partial charge >= 0.3 is 0 Å². The Bertz CT molecular complexity index is 280. The van der Waals surface area contributed by atoms with Crippen molar-refractivity contribution in [2.24, 2.45) is 17.8 Å². The Morgan fingerprint density at radius 3 is 2.40 bits per heavy atom. The normalized spacial score (nSPS) is 35.7. The summed E-state index contributed by atoms with van der Waals surface area (Å²) in [5.74, 6) is 1.21. The standard InChI is InChI=1S/C11H18N2O2/c1-7-5-13(6-8(7)2)11(15)9-3-10(14)12-4-9/h7-9H,3-6H2,1-2H3,(H,12,14). The van der Waals surface area contributed by atoms with Gasteiger partial charge in [-0.3, -0.25) is 9.59 Å². The van der Waals surface area contributed by atoms with Crippen LogP contribution in [0.4, 0.5) is 0 Å². The van der Waals surface area contributed by atoms with E-state index in [0.29, 0.717) is 24.8 Å². The van der Waals surface area contributed by atoms with Crippen LogP contribution in [-0.4, -0.2) is 36.3 Å². The first-order chi connectivity index (χ1) is 7.08. The van der Waals surface area contributed by atoms with Crippen molar-refractivity contribution < 1.29 is 9.59 Å². The maximum atomic E-state index is 12.0. The maximum Gasteiger partial charge on any atom is 0.228 e. The van der Waals surface area contributed by atoms with Crippen LogP contribution in [-0.2, 0) is 9.59 Å². The summed E-state index contributed by atoms with van der Waals surface area (Å²) in [5, 5.41) is 2.71. The van der Waals surface area contributed by atoms with E-state index in [1.807, 2.05) is 4.90 Å². The average Bonchev–Trinajstić information content (AvgIpc) is 2.74. The highest BCUT2D eigenvalue weighted by Crippen LogP contribution is 2.24. The molecule has 0 aliphatic carbocycles. The summed E-state index contributed by atoms with van der Waals surface area (Å²) in [6, 6.07) is 0. The first-order valence-electron chi connectivity index (χ1n) is 5.63. The minimum atomic E-state index is -0.116. The van der Waals surface area contributed by atoms with Crippen LogP contribution in [0.2, 0.25) is 0 Å². The molecule has 2 saturated heterocycles. The fourth-order valence-corrected chi connectivity index (χ4v) is 2.35. The molecule has 0 aromatic heterocycles. The zero-order valence-corrected chi connectivity index (χ0v) is 9.32. The van der Waals surface area contributed by atoms with Gasteiger partial charge in [0.1, 0.15) is 0 Å². The molecule has 0 aromatic carbocycles. The second-order valence-corrected chi connectivity index (χ2v) is 4.90. The van der Waals surface area contributed by atoms with Crippen LogP contribution in [0.3, 0.4) is 0 Å². The summed E-state index contributed by atoms with van der Waals surface area (Å²) in [7, 11) is 0. The summed E-state index contributed by atoms with van der Waals surface area (Å²) < 4.78 is 0. The second-order valence-electron chi connectivity index (χ2n) is 4.90. The number of hydrogen-bond acceptors (Lipinski definition) is 2. The predicted octanol–water partition coefficient (Wildman–Crippen LogP) is 0.237. The Balaban J connectivity index is 1.94. The van der Waals surface area contributed by atoms with Crippen molar-refractivity contribution in [3.63, 3.8) is 0 Å². The van der Waals surface area contributed by atoms with Crippen molar-refractivity contribution in [2.45, 2.75) is 20.3 Å². The van der Waals surface area contributed by atoms with Crippen molar-refractivity contribution >= 4 is 11.8 Å². The lowest BCUT2D eigenvalue weighted by Gasteiger charge is -2.19. The molecule has 0 saturated carbocycles. The van der Waals surface area contributed by atoms with Gasteiger partial charge in [0, 0.05) is 26.1 Å². The van der Waals surface area contributed by atoms with Crippen LogP contribution in [0.15, 0.2) is 0 Å². The van der Waals surface area contributed by atoms with Crippen LogP contribution in [0.25, 0.3) is 0 Å². The summed E-state index contributed by atoms with van der Waals surface area (Å²) >= 11 is 0. The van der Waals surface area contributed by atoms with E-state index in [4.69, 9.17) is 0 Å². The number of likely N-dealkylation sites (tertiary alicyclic amines) is 1. The smallest absolute Gasteiger partial charge is 0.228 e. The van der Waals surface area contributed by atoms with E-state index < -0.39 is 0 Å². The highest BCUT2D eigenvalue weighted by atomic mass is 16.2. The van der Waals surface area contributed by atoms with Gasteiger partial charge < -0.3 is 10.2 Å². The lowest BCUT2D eigenvalue weighted by atomic mass is 10.0. The van der Waals surface area contributed by atoms with E-state index in [1.165, 1.54) is 0 Å². The Morgan fingerprint density at radius 2 is 1.93 bits per heavy atom. The van der Waals surface area contributed by atoms with Gasteiger partial charge in [-0.2, -0.15) is 0 Å². The van der Waals surface area contributed by atoms with Gasteiger partial charge in [-0.25, -0.2) is 0 Å². The zero-order chi connectivity index (χ0) is 11.0. The molecular formula is C11H18N2O2. The van der Waals surface area contributed by atoms with E-state index in [-0.39, 0.29) is 17.7 Å². The molecule has 3 unspecified atom stereocenters. The fraction of sp³-hybridized carbons (Fsp3) is 0.818. The lowest BCUT2D eigenvalue weighted by molar-refractivity contribution is -0.135. The minimum absolute atomic E-state index is 0.00800. The molecule has 4 nitrogen and oxygen atoms in total. The first kappa shape index (κ1) is 10.5. The number of carbonyl (C=O) groups excluding carboxylic acids is 2. The van der Waals surface area contributed by atoms with Gasteiger partial charge in [0.2, 0.25) is 11.8 Å². The fourth-order valence-electron chi connectivity index (χ4n) is 2.35. The topological polar surface area (TPSA) is 49.4 Å². The predicted molar refractivity (Wildman–Crippen MR) is 56.0 cm³/mol. The minimum Gasteiger partial charge on any atom is -0.355 e. The molecule has 0 aromatic rings. The third-order valence-electron chi connectivity index (χ3n) is 3.63. The van der Waals surface area contributed by atoms with E-state index in [0.717, 1.165) is 13.1 Å². The number of rotatable bonds is 1. The van der Waals surface area contributed by atoms with Crippen LogP contribution in [0.5, 0.6) is 0 Å². The molecule has 2 fully saturated rings. The first-order valence-corrected chi connectivity index (χ1v) is 5.63. The van der Waals surface area contributed by atoms with Gasteiger partial charge in [0.15, 0.2) is 0 Å². The van der Waals surface area contributed by atoms with Crippen molar-refractivity contribution in [3.8, 4) is 0 Å². The van der Waals surface area contributed by atoms with Crippen molar-refractivity contribution in [1.82, 2.24) is 10.2 Å². The molecule has 2 aliphatic rings. The summed E-state index contributed by atoms with van der Waals surface area (Å²) in [6.07, 6.45) is 0.373. The molecule has 2 amide bonds. The van der Waals surface area contributed by atoms with Crippen molar-refractivity contribution in [3.05, 3.63) is 0 Å². The summed E-state index contributed by atoms with van der Waals surface area (Å²) in [6.45, 7) is 6.58. The van der Waals surface area contributed by atoms with Gasteiger partial charge in [-0.05, 0) is 11.8 Å². The molecule has 2 rings (SSSR count). The molecule has 84 valence electrons. The highest BCUT2D eigenvalue weighted by molar-refractivity contribution is 5.89. The third-order valence-corrected chi connectivity index (χ3v) is 3.63. The van der Waals surface area contributed by atoms with Crippen LogP contribution in [0, 0.1) is 17.8 Å². The molecule has 1 N–H and O–H groups in total. The maximum absolute atomic E-state index is 12.0. The Morgan fingerprint density at radius 1 is 1.33 bits per heavy atom. The van der Waals surface area contributed by atoms with Gasteiger partial charge in [0.25, 0.3) is 0 Å². The largest absolute Gasteiger partial charge is 0.355 e. The van der Waals surface area contributed by atoms with Crippen LogP contribution >= 0.6 is 0 Å². The second kappa shape index (κ2) is 3.83. The molecule has 0 spiro atoms. The van der Waals surface area contributed by atoms with Crippen LogP contribution < -0.4 is 5.32 Å². The number of carbonyl (C=O) groups is 2. The third kappa shape index (κ3) is 1.98. The van der Waals surface area contributed by atoms with Crippen LogP contribution in [0.1, 0.15) is 20.3 Å². The van der Waals surface area contributed by atoms with E-state index >= 15 is 0 Å². The van der Waals surface area contributed by atoms with Gasteiger partial charge in [-0.1, -0.05) is 13.8 Å². The number of amides is 2. The van der Waals surface area contributed by atoms with E-state index in [9.17, 15) is 9.59 Å². The molecular weight excluding hydrogens is 192 g/mol. The molecule has 3 atom stereocenters. The van der Waals surface area contributed by atoms with Gasteiger partial charge in [-0.15, -0.1) is 0 Å². The van der Waals surface area contributed by atoms with Crippen molar-refractivity contribution in [2.75, 3.05) is 19.6 Å². The summed E-state index contributed by atoms with van der Waals surface area (Å²) in [4.78, 5) is 25.0. The SMILES string of the molecule is CC1CN(C(=O)C2CNC(=O)C2)CC1C. The number of nitrogens with zero attached hydrogens (tertiary/aromatic N) is 1. The summed E-state index contributed by atoms with van der Waals surface area (Å²) in [5.41, 5.74) is 0. The molecule has 2 aliphatic heterocycles. The molecule has 0 radical (unpaired) electrons. The highest BCUT2D eigenvalue weighted by Gasteiger charge is 2.36. The quantitative estimate of drug-likeness (QED) is 0.674. The van der Waals surface area contributed by atoms with Crippen molar-refractivity contribution in [1.29, 1.82) is 0 Å². The molecule has 4 heteroatoms. The van der Waals surface area contributed by atoms with E-state index in [2.05, 4.69) is 19.2 Å². The number of hydrogen-bond donors (Lipinski definition) is 1. The zero-order valence-electron chi connectivity index (χ0n) is 9.32. The van der Waals surface area contributed by atoms with Gasteiger partial charge in [0.05, 0.1) is 5.92 Å². The monoisotopic (exact) mass is 210 g/mol. The Kier molecular flexibility index (Phi) is 2.67. The molecule has 15 heavy (non-hydrogen) atoms. The Labute approximate surface area is 90.0 Å². The average molecular weight is 210 g/mol. The molecule has 2 heterocycles.